The van der Waals surface area contributed by atoms with Gasteiger partial charge in [-0.2, -0.15) is 0 Å². The maximum absolute atomic E-state index is 11.2. The van der Waals surface area contributed by atoms with E-state index in [1.165, 1.54) is 0 Å². The average Bonchev–Trinajstić information content (AvgIpc) is 2.19. The predicted octanol–water partition coefficient (Wildman–Crippen LogP) is 0.994. The predicted molar refractivity (Wildman–Crippen MR) is 56.7 cm³/mol. The highest BCUT2D eigenvalue weighted by Gasteiger charge is 2.16. The number of amides is 1. The van der Waals surface area contributed by atoms with Gasteiger partial charge in [0, 0.05) is 0 Å². The van der Waals surface area contributed by atoms with Crippen LogP contribution < -0.4 is 11.5 Å². The first-order valence-corrected chi connectivity index (χ1v) is 4.80. The lowest BCUT2D eigenvalue weighted by atomic mass is 9.94. The molecule has 1 amide bonds. The maximum atomic E-state index is 11.2. The van der Waals surface area contributed by atoms with Crippen molar-refractivity contribution in [2.24, 2.45) is 11.5 Å². The quantitative estimate of drug-likeness (QED) is 0.730. The molecule has 0 aliphatic carbocycles. The number of benzene rings is 1. The molecule has 0 heterocycles. The maximum Gasteiger partial charge on any atom is 0.224 e. The summed E-state index contributed by atoms with van der Waals surface area (Å²) in [7, 11) is 0. The fraction of sp³-hybridized carbons (Fsp3) is 0.364. The van der Waals surface area contributed by atoms with Crippen LogP contribution in [-0.4, -0.2) is 12.5 Å². The Morgan fingerprint density at radius 3 is 2.43 bits per heavy atom. The van der Waals surface area contributed by atoms with Crippen LogP contribution in [-0.2, 0) is 4.79 Å². The van der Waals surface area contributed by atoms with Crippen molar-refractivity contribution >= 4 is 5.91 Å². The summed E-state index contributed by atoms with van der Waals surface area (Å²) in [5.74, 6) is -0.468. The lowest BCUT2D eigenvalue weighted by molar-refractivity contribution is -0.119. The van der Waals surface area contributed by atoms with Gasteiger partial charge in [0.25, 0.3) is 0 Å². The molecule has 0 fully saturated rings. The lowest BCUT2D eigenvalue weighted by Crippen LogP contribution is -2.22. The fourth-order valence-electron chi connectivity index (χ4n) is 1.48. The number of carbonyl (C=O) groups excluding carboxylic acids is 1. The normalized spacial score (nSPS) is 12.4. The van der Waals surface area contributed by atoms with Crippen LogP contribution in [0.25, 0.3) is 0 Å². The van der Waals surface area contributed by atoms with E-state index >= 15 is 0 Å². The van der Waals surface area contributed by atoms with Gasteiger partial charge in [-0.15, -0.1) is 0 Å². The van der Waals surface area contributed by atoms with E-state index in [1.54, 1.807) is 0 Å². The molecule has 14 heavy (non-hydrogen) atoms. The van der Waals surface area contributed by atoms with E-state index in [4.69, 9.17) is 11.5 Å². The Morgan fingerprint density at radius 1 is 1.29 bits per heavy atom. The molecule has 0 aliphatic rings. The molecule has 1 aromatic carbocycles. The minimum atomic E-state index is -0.273. The molecule has 1 atom stereocenters. The topological polar surface area (TPSA) is 69.1 Å². The van der Waals surface area contributed by atoms with Crippen LogP contribution in [0.1, 0.15) is 24.3 Å². The van der Waals surface area contributed by atoms with E-state index in [0.29, 0.717) is 6.54 Å². The highest BCUT2D eigenvalue weighted by atomic mass is 16.1. The molecule has 1 rings (SSSR count). The molecule has 0 saturated heterocycles. The number of nitrogens with two attached hydrogens (primary N) is 2. The first-order valence-electron chi connectivity index (χ1n) is 4.80. The van der Waals surface area contributed by atoms with Gasteiger partial charge in [0.1, 0.15) is 0 Å². The van der Waals surface area contributed by atoms with Crippen molar-refractivity contribution in [1.29, 1.82) is 0 Å². The van der Waals surface area contributed by atoms with Gasteiger partial charge in [-0.3, -0.25) is 4.79 Å². The van der Waals surface area contributed by atoms with Crippen LogP contribution in [0.3, 0.4) is 0 Å². The van der Waals surface area contributed by atoms with Gasteiger partial charge in [0.2, 0.25) is 5.91 Å². The van der Waals surface area contributed by atoms with Gasteiger partial charge < -0.3 is 11.5 Å². The molecule has 1 aromatic rings. The van der Waals surface area contributed by atoms with Crippen LogP contribution in [0.4, 0.5) is 0 Å². The Labute approximate surface area is 84.1 Å². The molecule has 0 radical (unpaired) electrons. The van der Waals surface area contributed by atoms with Crippen LogP contribution in [0.2, 0.25) is 0 Å². The highest BCUT2D eigenvalue weighted by molar-refractivity contribution is 5.81. The summed E-state index contributed by atoms with van der Waals surface area (Å²) in [5, 5.41) is 0. The summed E-state index contributed by atoms with van der Waals surface area (Å²) in [6, 6.07) is 9.59. The SMILES string of the molecule is NCCCC(C(N)=O)c1ccccc1. The van der Waals surface area contributed by atoms with Gasteiger partial charge in [-0.1, -0.05) is 30.3 Å². The molecule has 0 saturated carbocycles. The summed E-state index contributed by atoms with van der Waals surface area (Å²) >= 11 is 0. The smallest absolute Gasteiger partial charge is 0.224 e. The van der Waals surface area contributed by atoms with Gasteiger partial charge in [0.05, 0.1) is 5.92 Å². The second kappa shape index (κ2) is 5.40. The number of hydrogen-bond donors (Lipinski definition) is 2. The third-order valence-electron chi connectivity index (χ3n) is 2.24. The zero-order valence-corrected chi connectivity index (χ0v) is 8.15. The van der Waals surface area contributed by atoms with Crippen LogP contribution in [0.5, 0.6) is 0 Å². The zero-order chi connectivity index (χ0) is 10.4. The van der Waals surface area contributed by atoms with Crippen molar-refractivity contribution in [1.82, 2.24) is 0 Å². The molecular formula is C11H16N2O. The van der Waals surface area contributed by atoms with Gasteiger partial charge in [-0.25, -0.2) is 0 Å². The van der Waals surface area contributed by atoms with E-state index in [-0.39, 0.29) is 11.8 Å². The van der Waals surface area contributed by atoms with Gasteiger partial charge in [-0.05, 0) is 24.9 Å². The fourth-order valence-corrected chi connectivity index (χ4v) is 1.48. The Morgan fingerprint density at radius 2 is 1.93 bits per heavy atom. The second-order valence-electron chi connectivity index (χ2n) is 3.30. The summed E-state index contributed by atoms with van der Waals surface area (Å²) in [5.41, 5.74) is 11.7. The summed E-state index contributed by atoms with van der Waals surface area (Å²) < 4.78 is 0. The van der Waals surface area contributed by atoms with E-state index in [0.717, 1.165) is 18.4 Å². The van der Waals surface area contributed by atoms with Crippen molar-refractivity contribution < 1.29 is 4.79 Å². The number of rotatable bonds is 5. The lowest BCUT2D eigenvalue weighted by Gasteiger charge is -2.12. The van der Waals surface area contributed by atoms with E-state index < -0.39 is 0 Å². The van der Waals surface area contributed by atoms with Crippen molar-refractivity contribution in [3.8, 4) is 0 Å². The Bertz CT molecular complexity index is 285. The highest BCUT2D eigenvalue weighted by Crippen LogP contribution is 2.19. The molecule has 3 heteroatoms. The summed E-state index contributed by atoms with van der Waals surface area (Å²) in [6.07, 6.45) is 1.55. The standard InChI is InChI=1S/C11H16N2O/c12-8-4-7-10(11(13)14)9-5-2-1-3-6-9/h1-3,5-6,10H,4,7-8,12H2,(H2,13,14). The van der Waals surface area contributed by atoms with Crippen molar-refractivity contribution in [3.63, 3.8) is 0 Å². The van der Waals surface area contributed by atoms with Gasteiger partial charge >= 0.3 is 0 Å². The average molecular weight is 192 g/mol. The summed E-state index contributed by atoms with van der Waals surface area (Å²) in [6.45, 7) is 0.594. The third kappa shape index (κ3) is 2.85. The second-order valence-corrected chi connectivity index (χ2v) is 3.30. The molecule has 0 spiro atoms. The van der Waals surface area contributed by atoms with E-state index in [9.17, 15) is 4.79 Å². The minimum Gasteiger partial charge on any atom is -0.369 e. The molecule has 0 aliphatic heterocycles. The van der Waals surface area contributed by atoms with E-state index in [2.05, 4.69) is 0 Å². The minimum absolute atomic E-state index is 0.195. The van der Waals surface area contributed by atoms with Crippen LogP contribution in [0, 0.1) is 0 Å². The first-order chi connectivity index (χ1) is 6.75. The molecule has 1 unspecified atom stereocenters. The molecule has 0 aromatic heterocycles. The Hall–Kier alpha value is -1.35. The monoisotopic (exact) mass is 192 g/mol. The molecule has 4 N–H and O–H groups in total. The molecule has 3 nitrogen and oxygen atoms in total. The Balaban J connectivity index is 2.73. The van der Waals surface area contributed by atoms with Crippen molar-refractivity contribution in [3.05, 3.63) is 35.9 Å². The zero-order valence-electron chi connectivity index (χ0n) is 8.15. The van der Waals surface area contributed by atoms with E-state index in [1.807, 2.05) is 30.3 Å². The third-order valence-corrected chi connectivity index (χ3v) is 2.24. The molecule has 0 bridgehead atoms. The number of primary amides is 1. The molecule has 76 valence electrons. The first kappa shape index (κ1) is 10.7. The largest absolute Gasteiger partial charge is 0.369 e. The van der Waals surface area contributed by atoms with Crippen LogP contribution in [0.15, 0.2) is 30.3 Å². The number of hydrogen-bond acceptors (Lipinski definition) is 2. The number of carbonyl (C=O) groups is 1. The summed E-state index contributed by atoms with van der Waals surface area (Å²) in [4.78, 5) is 11.2. The van der Waals surface area contributed by atoms with Gasteiger partial charge in [0.15, 0.2) is 0 Å². The van der Waals surface area contributed by atoms with Crippen LogP contribution >= 0.6 is 0 Å². The van der Waals surface area contributed by atoms with Crippen molar-refractivity contribution in [2.75, 3.05) is 6.54 Å². The van der Waals surface area contributed by atoms with Crippen molar-refractivity contribution in [2.45, 2.75) is 18.8 Å². The molecular weight excluding hydrogens is 176 g/mol. The Kier molecular flexibility index (Phi) is 4.13.